The summed E-state index contributed by atoms with van der Waals surface area (Å²) in [5.74, 6) is -0.827. The predicted molar refractivity (Wildman–Crippen MR) is 72.7 cm³/mol. The lowest BCUT2D eigenvalue weighted by Gasteiger charge is -2.27. The van der Waals surface area contributed by atoms with E-state index in [0.29, 0.717) is 4.47 Å². The molecule has 2 atom stereocenters. The van der Waals surface area contributed by atoms with Crippen LogP contribution in [-0.2, 0) is 4.79 Å². The molecule has 1 aromatic rings. The van der Waals surface area contributed by atoms with Crippen LogP contribution in [-0.4, -0.2) is 11.9 Å². The standard InChI is InChI=1S/C13H16BrFN2O/c14-8-5-6-12(10(15)7-8)17-13(18)9-3-1-2-4-11(9)16/h5-7,9,11H,1-4,16H2,(H,17,18). The molecule has 1 fully saturated rings. The molecule has 1 amide bonds. The number of hydrogen-bond donors (Lipinski definition) is 2. The zero-order valence-electron chi connectivity index (χ0n) is 9.96. The first-order valence-electron chi connectivity index (χ1n) is 6.09. The van der Waals surface area contributed by atoms with Crippen LogP contribution in [0.15, 0.2) is 22.7 Å². The number of amides is 1. The minimum atomic E-state index is -0.442. The zero-order valence-corrected chi connectivity index (χ0v) is 11.5. The molecule has 2 unspecified atom stereocenters. The number of carbonyl (C=O) groups excluding carboxylic acids is 1. The highest BCUT2D eigenvalue weighted by Crippen LogP contribution is 2.25. The highest BCUT2D eigenvalue weighted by Gasteiger charge is 2.28. The van der Waals surface area contributed by atoms with Crippen molar-refractivity contribution in [2.24, 2.45) is 11.7 Å². The van der Waals surface area contributed by atoms with Gasteiger partial charge in [-0.2, -0.15) is 0 Å². The highest BCUT2D eigenvalue weighted by molar-refractivity contribution is 9.10. The average Bonchev–Trinajstić information content (AvgIpc) is 2.33. The lowest BCUT2D eigenvalue weighted by molar-refractivity contribution is -0.121. The minimum Gasteiger partial charge on any atom is -0.327 e. The Morgan fingerprint density at radius 1 is 1.39 bits per heavy atom. The molecular weight excluding hydrogens is 299 g/mol. The lowest BCUT2D eigenvalue weighted by Crippen LogP contribution is -2.40. The van der Waals surface area contributed by atoms with Gasteiger partial charge in [-0.3, -0.25) is 4.79 Å². The number of nitrogens with two attached hydrogens (primary N) is 1. The summed E-state index contributed by atoms with van der Waals surface area (Å²) in [6.07, 6.45) is 3.72. The first-order valence-corrected chi connectivity index (χ1v) is 6.88. The van der Waals surface area contributed by atoms with Crippen LogP contribution in [0.4, 0.5) is 10.1 Å². The second-order valence-corrected chi connectivity index (χ2v) is 5.58. The van der Waals surface area contributed by atoms with Crippen molar-refractivity contribution in [3.63, 3.8) is 0 Å². The first-order chi connectivity index (χ1) is 8.58. The fraction of sp³-hybridized carbons (Fsp3) is 0.462. The predicted octanol–water partition coefficient (Wildman–Crippen LogP) is 3.04. The van der Waals surface area contributed by atoms with Crippen LogP contribution in [0, 0.1) is 11.7 Å². The second kappa shape index (κ2) is 5.80. The van der Waals surface area contributed by atoms with E-state index in [9.17, 15) is 9.18 Å². The van der Waals surface area contributed by atoms with Gasteiger partial charge in [0, 0.05) is 10.5 Å². The number of rotatable bonds is 2. The monoisotopic (exact) mass is 314 g/mol. The van der Waals surface area contributed by atoms with Crippen LogP contribution in [0.1, 0.15) is 25.7 Å². The van der Waals surface area contributed by atoms with E-state index in [1.165, 1.54) is 6.07 Å². The first kappa shape index (κ1) is 13.5. The Kier molecular flexibility index (Phi) is 4.35. The van der Waals surface area contributed by atoms with E-state index in [0.717, 1.165) is 25.7 Å². The van der Waals surface area contributed by atoms with E-state index >= 15 is 0 Å². The summed E-state index contributed by atoms with van der Waals surface area (Å²) in [4.78, 5) is 12.0. The summed E-state index contributed by atoms with van der Waals surface area (Å²) in [5.41, 5.74) is 6.14. The van der Waals surface area contributed by atoms with Crippen molar-refractivity contribution >= 4 is 27.5 Å². The van der Waals surface area contributed by atoms with Gasteiger partial charge in [0.25, 0.3) is 0 Å². The van der Waals surface area contributed by atoms with Gasteiger partial charge < -0.3 is 11.1 Å². The Balaban J connectivity index is 2.06. The van der Waals surface area contributed by atoms with Gasteiger partial charge in [-0.15, -0.1) is 0 Å². The normalized spacial score (nSPS) is 23.7. The van der Waals surface area contributed by atoms with Crippen molar-refractivity contribution < 1.29 is 9.18 Å². The molecule has 98 valence electrons. The van der Waals surface area contributed by atoms with Gasteiger partial charge in [0.2, 0.25) is 5.91 Å². The molecule has 0 saturated heterocycles. The van der Waals surface area contributed by atoms with Crippen molar-refractivity contribution in [1.29, 1.82) is 0 Å². The van der Waals surface area contributed by atoms with Crippen molar-refractivity contribution in [3.05, 3.63) is 28.5 Å². The van der Waals surface area contributed by atoms with E-state index in [-0.39, 0.29) is 23.6 Å². The van der Waals surface area contributed by atoms with Crippen LogP contribution in [0.2, 0.25) is 0 Å². The molecule has 18 heavy (non-hydrogen) atoms. The SMILES string of the molecule is NC1CCCCC1C(=O)Nc1ccc(Br)cc1F. The minimum absolute atomic E-state index is 0.114. The summed E-state index contributed by atoms with van der Waals surface area (Å²) in [5, 5.41) is 2.62. The number of benzene rings is 1. The Hall–Kier alpha value is -0.940. The topological polar surface area (TPSA) is 55.1 Å². The van der Waals surface area contributed by atoms with Gasteiger partial charge >= 0.3 is 0 Å². The maximum atomic E-state index is 13.6. The summed E-state index contributed by atoms with van der Waals surface area (Å²) >= 11 is 3.18. The molecule has 2 rings (SSSR count). The quantitative estimate of drug-likeness (QED) is 0.881. The van der Waals surface area contributed by atoms with E-state index < -0.39 is 5.82 Å². The molecule has 1 aliphatic rings. The molecule has 5 heteroatoms. The molecule has 0 aromatic heterocycles. The van der Waals surface area contributed by atoms with Crippen LogP contribution in [0.3, 0.4) is 0 Å². The van der Waals surface area contributed by atoms with Gasteiger partial charge in [0.05, 0.1) is 11.6 Å². The summed E-state index contributed by atoms with van der Waals surface area (Å²) in [7, 11) is 0. The van der Waals surface area contributed by atoms with Crippen LogP contribution in [0.25, 0.3) is 0 Å². The van der Waals surface area contributed by atoms with Gasteiger partial charge in [-0.25, -0.2) is 4.39 Å². The number of anilines is 1. The molecule has 3 N–H and O–H groups in total. The Bertz CT molecular complexity index is 453. The fourth-order valence-corrected chi connectivity index (χ4v) is 2.63. The van der Waals surface area contributed by atoms with Gasteiger partial charge in [-0.1, -0.05) is 28.8 Å². The number of nitrogens with one attached hydrogen (secondary N) is 1. The lowest BCUT2D eigenvalue weighted by atomic mass is 9.84. The number of hydrogen-bond acceptors (Lipinski definition) is 2. The van der Waals surface area contributed by atoms with Crippen LogP contribution >= 0.6 is 15.9 Å². The summed E-state index contributed by atoms with van der Waals surface area (Å²) < 4.78 is 14.2. The molecule has 1 aliphatic carbocycles. The molecule has 1 aromatic carbocycles. The average molecular weight is 315 g/mol. The van der Waals surface area contributed by atoms with Crippen molar-refractivity contribution in [3.8, 4) is 0 Å². The molecule has 1 saturated carbocycles. The smallest absolute Gasteiger partial charge is 0.229 e. The zero-order chi connectivity index (χ0) is 13.1. The van der Waals surface area contributed by atoms with Crippen molar-refractivity contribution in [1.82, 2.24) is 0 Å². The second-order valence-electron chi connectivity index (χ2n) is 4.67. The van der Waals surface area contributed by atoms with E-state index in [4.69, 9.17) is 5.73 Å². The van der Waals surface area contributed by atoms with Crippen LogP contribution in [0.5, 0.6) is 0 Å². The molecule has 3 nitrogen and oxygen atoms in total. The van der Waals surface area contributed by atoms with Gasteiger partial charge in [0.1, 0.15) is 5.82 Å². The Morgan fingerprint density at radius 2 is 2.11 bits per heavy atom. The molecular formula is C13H16BrFN2O. The third kappa shape index (κ3) is 3.09. The Morgan fingerprint density at radius 3 is 2.78 bits per heavy atom. The van der Waals surface area contributed by atoms with E-state index in [1.54, 1.807) is 12.1 Å². The molecule has 0 spiro atoms. The molecule has 0 heterocycles. The highest BCUT2D eigenvalue weighted by atomic mass is 79.9. The van der Waals surface area contributed by atoms with E-state index in [1.807, 2.05) is 0 Å². The number of carbonyl (C=O) groups is 1. The summed E-state index contributed by atoms with van der Waals surface area (Å²) in [6.45, 7) is 0. The van der Waals surface area contributed by atoms with E-state index in [2.05, 4.69) is 21.2 Å². The number of halogens is 2. The molecule has 0 radical (unpaired) electrons. The van der Waals surface area contributed by atoms with Crippen molar-refractivity contribution in [2.45, 2.75) is 31.7 Å². The largest absolute Gasteiger partial charge is 0.327 e. The van der Waals surface area contributed by atoms with Gasteiger partial charge in [-0.05, 0) is 31.0 Å². The maximum Gasteiger partial charge on any atom is 0.229 e. The molecule has 0 aliphatic heterocycles. The van der Waals surface area contributed by atoms with Crippen molar-refractivity contribution in [2.75, 3.05) is 5.32 Å². The van der Waals surface area contributed by atoms with Gasteiger partial charge in [0.15, 0.2) is 0 Å². The fourth-order valence-electron chi connectivity index (χ4n) is 2.30. The third-order valence-corrected chi connectivity index (χ3v) is 3.84. The third-order valence-electron chi connectivity index (χ3n) is 3.35. The Labute approximate surface area is 114 Å². The van der Waals surface area contributed by atoms with Crippen LogP contribution < -0.4 is 11.1 Å². The molecule has 0 bridgehead atoms. The maximum absolute atomic E-state index is 13.6. The summed E-state index contributed by atoms with van der Waals surface area (Å²) in [6, 6.07) is 4.46.